The second-order valence-electron chi connectivity index (χ2n) is 5.60. The number of hydrogen-bond donors (Lipinski definition) is 0. The highest BCUT2D eigenvalue weighted by atomic mass is 79.9. The van der Waals surface area contributed by atoms with Gasteiger partial charge in [-0.15, -0.1) is 0 Å². The molecule has 0 N–H and O–H groups in total. The molecule has 0 aliphatic carbocycles. The molecule has 0 amide bonds. The van der Waals surface area contributed by atoms with Crippen LogP contribution in [0.5, 0.6) is 0 Å². The lowest BCUT2D eigenvalue weighted by atomic mass is 10.1. The summed E-state index contributed by atoms with van der Waals surface area (Å²) in [5.74, 6) is 2.01. The van der Waals surface area contributed by atoms with Crippen molar-refractivity contribution in [1.82, 2.24) is 14.9 Å². The molecule has 3 heterocycles. The van der Waals surface area contributed by atoms with E-state index in [0.717, 1.165) is 41.8 Å². The van der Waals surface area contributed by atoms with Crippen LogP contribution in [0, 0.1) is 0 Å². The van der Waals surface area contributed by atoms with Crippen LogP contribution >= 0.6 is 15.9 Å². The van der Waals surface area contributed by atoms with Crippen LogP contribution in [0.2, 0.25) is 0 Å². The fraction of sp³-hybridized carbons (Fsp3) is 0.714. The molecule has 0 aromatic carbocycles. The number of halogens is 1. The number of likely N-dealkylation sites (N-methyl/N-ethyl adjacent to an activating group) is 1. The van der Waals surface area contributed by atoms with Gasteiger partial charge in [0.05, 0.1) is 0 Å². The van der Waals surface area contributed by atoms with E-state index in [4.69, 9.17) is 4.98 Å². The van der Waals surface area contributed by atoms with Gasteiger partial charge in [-0.2, -0.15) is 0 Å². The number of anilines is 1. The van der Waals surface area contributed by atoms with E-state index >= 15 is 0 Å². The Morgan fingerprint density at radius 1 is 1.26 bits per heavy atom. The van der Waals surface area contributed by atoms with E-state index in [1.54, 1.807) is 0 Å². The maximum atomic E-state index is 4.69. The molecule has 2 atom stereocenters. The molecule has 0 radical (unpaired) electrons. The van der Waals surface area contributed by atoms with E-state index < -0.39 is 0 Å². The lowest BCUT2D eigenvalue weighted by Crippen LogP contribution is -2.37. The summed E-state index contributed by atoms with van der Waals surface area (Å²) in [5.41, 5.74) is 0. The Kier molecular flexibility index (Phi) is 3.76. The lowest BCUT2D eigenvalue weighted by Gasteiger charge is -2.26. The minimum absolute atomic E-state index is 0.686. The molecule has 1 aromatic heterocycles. The largest absolute Gasteiger partial charge is 0.355 e. The van der Waals surface area contributed by atoms with Crippen molar-refractivity contribution in [3.63, 3.8) is 0 Å². The van der Waals surface area contributed by atoms with E-state index in [1.807, 2.05) is 0 Å². The van der Waals surface area contributed by atoms with Gasteiger partial charge >= 0.3 is 0 Å². The summed E-state index contributed by atoms with van der Waals surface area (Å²) in [5, 5.41) is 0. The van der Waals surface area contributed by atoms with Gasteiger partial charge in [0, 0.05) is 37.7 Å². The molecular formula is C14H21BrN4. The molecule has 2 saturated heterocycles. The van der Waals surface area contributed by atoms with Gasteiger partial charge in [-0.1, -0.05) is 6.92 Å². The highest BCUT2D eigenvalue weighted by molar-refractivity contribution is 9.10. The molecule has 4 nitrogen and oxygen atoms in total. The first-order valence-corrected chi connectivity index (χ1v) is 7.97. The SMILES string of the molecule is CCc1nc(Br)cc(N2CCC3CCC(C2)N3C)n1. The van der Waals surface area contributed by atoms with Crippen LogP contribution in [0.4, 0.5) is 5.82 Å². The van der Waals surface area contributed by atoms with Crippen molar-refractivity contribution in [2.24, 2.45) is 0 Å². The van der Waals surface area contributed by atoms with Crippen molar-refractivity contribution >= 4 is 21.7 Å². The maximum Gasteiger partial charge on any atom is 0.133 e. The van der Waals surface area contributed by atoms with E-state index in [1.165, 1.54) is 19.3 Å². The summed E-state index contributed by atoms with van der Waals surface area (Å²) in [7, 11) is 2.28. The molecule has 0 saturated carbocycles. The van der Waals surface area contributed by atoms with Crippen molar-refractivity contribution in [3.8, 4) is 0 Å². The summed E-state index contributed by atoms with van der Waals surface area (Å²) < 4.78 is 0.900. The highest BCUT2D eigenvalue weighted by Gasteiger charge is 2.35. The molecule has 3 rings (SSSR count). The molecular weight excluding hydrogens is 304 g/mol. The van der Waals surface area contributed by atoms with Crippen LogP contribution < -0.4 is 4.90 Å². The van der Waals surface area contributed by atoms with Crippen LogP contribution in [0.15, 0.2) is 10.7 Å². The molecule has 104 valence electrons. The quantitative estimate of drug-likeness (QED) is 0.782. The molecule has 2 bridgehead atoms. The molecule has 2 aliphatic heterocycles. The first kappa shape index (κ1) is 13.3. The number of rotatable bonds is 2. The fourth-order valence-electron chi connectivity index (χ4n) is 3.29. The predicted molar refractivity (Wildman–Crippen MR) is 80.5 cm³/mol. The molecule has 19 heavy (non-hydrogen) atoms. The van der Waals surface area contributed by atoms with Gasteiger partial charge in [0.1, 0.15) is 16.2 Å². The summed E-state index contributed by atoms with van der Waals surface area (Å²) in [4.78, 5) is 14.1. The van der Waals surface area contributed by atoms with Crippen molar-refractivity contribution in [2.45, 2.75) is 44.7 Å². The van der Waals surface area contributed by atoms with E-state index in [2.05, 4.69) is 50.8 Å². The third kappa shape index (κ3) is 2.63. The first-order valence-electron chi connectivity index (χ1n) is 7.17. The van der Waals surface area contributed by atoms with Crippen molar-refractivity contribution < 1.29 is 0 Å². The maximum absolute atomic E-state index is 4.69. The third-order valence-electron chi connectivity index (χ3n) is 4.52. The molecule has 1 aromatic rings. The zero-order chi connectivity index (χ0) is 13.4. The Balaban J connectivity index is 1.84. The molecule has 2 aliphatic rings. The van der Waals surface area contributed by atoms with Crippen LogP contribution in [-0.4, -0.2) is 47.1 Å². The average Bonchev–Trinajstić information content (AvgIpc) is 2.62. The van der Waals surface area contributed by atoms with Crippen LogP contribution in [0.1, 0.15) is 32.0 Å². The summed E-state index contributed by atoms with van der Waals surface area (Å²) in [6.45, 7) is 4.31. The van der Waals surface area contributed by atoms with Gasteiger partial charge in [0.25, 0.3) is 0 Å². The fourth-order valence-corrected chi connectivity index (χ4v) is 3.70. The predicted octanol–water partition coefficient (Wildman–Crippen LogP) is 2.47. The molecule has 2 fully saturated rings. The van der Waals surface area contributed by atoms with E-state index in [-0.39, 0.29) is 0 Å². The Hall–Kier alpha value is -0.680. The van der Waals surface area contributed by atoms with E-state index in [0.29, 0.717) is 6.04 Å². The summed E-state index contributed by atoms with van der Waals surface area (Å²) in [6.07, 6.45) is 4.82. The lowest BCUT2D eigenvalue weighted by molar-refractivity contribution is 0.254. The standard InChI is InChI=1S/C14H21BrN4/c1-3-13-16-12(15)8-14(17-13)19-7-6-10-4-5-11(9-19)18(10)2/h8,10-11H,3-7,9H2,1-2H3. The highest BCUT2D eigenvalue weighted by Crippen LogP contribution is 2.30. The zero-order valence-electron chi connectivity index (χ0n) is 11.6. The number of aryl methyl sites for hydroxylation is 1. The number of fused-ring (bicyclic) bond motifs is 2. The Morgan fingerprint density at radius 3 is 2.84 bits per heavy atom. The summed E-state index contributed by atoms with van der Waals surface area (Å²) in [6, 6.07) is 3.51. The summed E-state index contributed by atoms with van der Waals surface area (Å²) >= 11 is 3.50. The smallest absolute Gasteiger partial charge is 0.133 e. The average molecular weight is 325 g/mol. The monoisotopic (exact) mass is 324 g/mol. The molecule has 5 heteroatoms. The van der Waals surface area contributed by atoms with Crippen LogP contribution in [-0.2, 0) is 6.42 Å². The minimum atomic E-state index is 0.686. The van der Waals surface area contributed by atoms with Gasteiger partial charge in [-0.25, -0.2) is 9.97 Å². The number of hydrogen-bond acceptors (Lipinski definition) is 4. The van der Waals surface area contributed by atoms with Crippen LogP contribution in [0.3, 0.4) is 0 Å². The minimum Gasteiger partial charge on any atom is -0.355 e. The Bertz CT molecular complexity index is 465. The van der Waals surface area contributed by atoms with Gasteiger partial charge in [-0.05, 0) is 42.2 Å². The first-order chi connectivity index (χ1) is 9.17. The second-order valence-corrected chi connectivity index (χ2v) is 6.42. The van der Waals surface area contributed by atoms with Gasteiger partial charge < -0.3 is 4.90 Å². The molecule has 2 unspecified atom stereocenters. The van der Waals surface area contributed by atoms with Gasteiger partial charge in [0.2, 0.25) is 0 Å². The van der Waals surface area contributed by atoms with Crippen molar-refractivity contribution in [3.05, 3.63) is 16.5 Å². The van der Waals surface area contributed by atoms with E-state index in [9.17, 15) is 0 Å². The Labute approximate surface area is 123 Å². The van der Waals surface area contributed by atoms with Crippen molar-refractivity contribution in [2.75, 3.05) is 25.0 Å². The van der Waals surface area contributed by atoms with Gasteiger partial charge in [0.15, 0.2) is 0 Å². The molecule has 0 spiro atoms. The number of aromatic nitrogens is 2. The Morgan fingerprint density at radius 2 is 2.05 bits per heavy atom. The third-order valence-corrected chi connectivity index (χ3v) is 4.92. The van der Waals surface area contributed by atoms with Crippen LogP contribution in [0.25, 0.3) is 0 Å². The number of nitrogens with zero attached hydrogens (tertiary/aromatic N) is 4. The normalized spacial score (nSPS) is 27.6. The van der Waals surface area contributed by atoms with Gasteiger partial charge in [-0.3, -0.25) is 4.90 Å². The zero-order valence-corrected chi connectivity index (χ0v) is 13.2. The van der Waals surface area contributed by atoms with Crippen molar-refractivity contribution in [1.29, 1.82) is 0 Å². The topological polar surface area (TPSA) is 32.3 Å². The second kappa shape index (κ2) is 5.37.